The Balaban J connectivity index is 1.51. The number of aromatic nitrogens is 1. The first-order valence-electron chi connectivity index (χ1n) is 9.81. The van der Waals surface area contributed by atoms with E-state index in [0.29, 0.717) is 30.2 Å². The molecule has 2 N–H and O–H groups in total. The summed E-state index contributed by atoms with van der Waals surface area (Å²) in [7, 11) is 1.40. The summed E-state index contributed by atoms with van der Waals surface area (Å²) in [4.78, 5) is 31.8. The number of thiophene rings is 1. The predicted octanol–water partition coefficient (Wildman–Crippen LogP) is 4.05. The third kappa shape index (κ3) is 3.97. The van der Waals surface area contributed by atoms with E-state index in [9.17, 15) is 9.59 Å². The SMILES string of the molecule is COC(=O)[C@@H]1C[C@H](NC(=O)c2[nH]c3ccc(Cl)cc3c2C)CN1Cc1sccc1C. The van der Waals surface area contributed by atoms with Gasteiger partial charge in [0.1, 0.15) is 11.7 Å². The number of fused-ring (bicyclic) bond motifs is 1. The fraction of sp³-hybridized carbons (Fsp3) is 0.364. The highest BCUT2D eigenvalue weighted by molar-refractivity contribution is 7.10. The Morgan fingerprint density at radius 2 is 2.13 bits per heavy atom. The lowest BCUT2D eigenvalue weighted by Crippen LogP contribution is -2.38. The number of benzene rings is 1. The quantitative estimate of drug-likeness (QED) is 0.581. The van der Waals surface area contributed by atoms with Crippen LogP contribution in [0.4, 0.5) is 0 Å². The lowest BCUT2D eigenvalue weighted by Gasteiger charge is -2.21. The molecular weight excluding hydrogens is 422 g/mol. The highest BCUT2D eigenvalue weighted by Crippen LogP contribution is 2.27. The number of likely N-dealkylation sites (tertiary alicyclic amines) is 1. The lowest BCUT2D eigenvalue weighted by atomic mass is 10.1. The summed E-state index contributed by atoms with van der Waals surface area (Å²) in [6.07, 6.45) is 0.522. The topological polar surface area (TPSA) is 74.4 Å². The smallest absolute Gasteiger partial charge is 0.323 e. The van der Waals surface area contributed by atoms with Crippen LogP contribution in [-0.2, 0) is 16.1 Å². The number of hydrogen-bond donors (Lipinski definition) is 2. The van der Waals surface area contributed by atoms with Crippen LogP contribution in [0.25, 0.3) is 10.9 Å². The zero-order valence-electron chi connectivity index (χ0n) is 17.1. The van der Waals surface area contributed by atoms with Crippen molar-refractivity contribution in [2.75, 3.05) is 13.7 Å². The largest absolute Gasteiger partial charge is 0.468 e. The minimum Gasteiger partial charge on any atom is -0.468 e. The second-order valence-electron chi connectivity index (χ2n) is 7.72. The first kappa shape index (κ1) is 20.9. The summed E-state index contributed by atoms with van der Waals surface area (Å²) >= 11 is 7.78. The Hall–Kier alpha value is -2.35. The molecule has 8 heteroatoms. The molecule has 4 rings (SSSR count). The van der Waals surface area contributed by atoms with Crippen LogP contribution in [0.5, 0.6) is 0 Å². The molecule has 1 saturated heterocycles. The highest BCUT2D eigenvalue weighted by Gasteiger charge is 2.38. The Morgan fingerprint density at radius 3 is 2.83 bits per heavy atom. The van der Waals surface area contributed by atoms with E-state index in [1.165, 1.54) is 17.6 Å². The van der Waals surface area contributed by atoms with E-state index in [2.05, 4.69) is 33.6 Å². The summed E-state index contributed by atoms with van der Waals surface area (Å²) < 4.78 is 5.01. The molecule has 0 saturated carbocycles. The van der Waals surface area contributed by atoms with E-state index in [0.717, 1.165) is 16.5 Å². The molecule has 0 aliphatic carbocycles. The molecule has 1 aliphatic rings. The molecule has 6 nitrogen and oxygen atoms in total. The van der Waals surface area contributed by atoms with Gasteiger partial charge in [0.05, 0.1) is 7.11 Å². The van der Waals surface area contributed by atoms with Gasteiger partial charge < -0.3 is 15.0 Å². The molecule has 0 radical (unpaired) electrons. The molecule has 0 spiro atoms. The molecule has 2 atom stereocenters. The molecule has 158 valence electrons. The van der Waals surface area contributed by atoms with Gasteiger partial charge in [-0.15, -0.1) is 11.3 Å². The Labute approximate surface area is 184 Å². The maximum atomic E-state index is 13.0. The van der Waals surface area contributed by atoms with E-state index in [-0.39, 0.29) is 24.0 Å². The summed E-state index contributed by atoms with van der Waals surface area (Å²) in [5.74, 6) is -0.444. The summed E-state index contributed by atoms with van der Waals surface area (Å²) in [6, 6.07) is 7.08. The highest BCUT2D eigenvalue weighted by atomic mass is 35.5. The second-order valence-corrected chi connectivity index (χ2v) is 9.15. The van der Waals surface area contributed by atoms with Crippen molar-refractivity contribution in [1.29, 1.82) is 0 Å². The van der Waals surface area contributed by atoms with Crippen LogP contribution >= 0.6 is 22.9 Å². The number of nitrogens with one attached hydrogen (secondary N) is 2. The second kappa shape index (κ2) is 8.41. The molecule has 1 amide bonds. The van der Waals surface area contributed by atoms with Gasteiger partial charge in [-0.05, 0) is 61.0 Å². The van der Waals surface area contributed by atoms with Crippen LogP contribution < -0.4 is 5.32 Å². The Bertz CT molecular complexity index is 1110. The number of esters is 1. The zero-order chi connectivity index (χ0) is 21.4. The van der Waals surface area contributed by atoms with Gasteiger partial charge in [-0.1, -0.05) is 11.6 Å². The molecule has 3 aromatic rings. The van der Waals surface area contributed by atoms with E-state index in [1.54, 1.807) is 17.4 Å². The number of rotatable bonds is 5. The van der Waals surface area contributed by atoms with Crippen molar-refractivity contribution in [3.8, 4) is 0 Å². The van der Waals surface area contributed by atoms with Crippen LogP contribution in [0.1, 0.15) is 32.9 Å². The van der Waals surface area contributed by atoms with Crippen LogP contribution in [0, 0.1) is 13.8 Å². The summed E-state index contributed by atoms with van der Waals surface area (Å²) in [6.45, 7) is 5.23. The number of halogens is 1. The third-order valence-electron chi connectivity index (χ3n) is 5.77. The van der Waals surface area contributed by atoms with Gasteiger partial charge in [-0.25, -0.2) is 0 Å². The average molecular weight is 446 g/mol. The Morgan fingerprint density at radius 1 is 1.33 bits per heavy atom. The number of methoxy groups -OCH3 is 1. The van der Waals surface area contributed by atoms with Crippen molar-refractivity contribution >= 4 is 45.7 Å². The minimum absolute atomic E-state index is 0.142. The maximum Gasteiger partial charge on any atom is 0.323 e. The van der Waals surface area contributed by atoms with Crippen molar-refractivity contribution < 1.29 is 14.3 Å². The van der Waals surface area contributed by atoms with Crippen molar-refractivity contribution in [3.63, 3.8) is 0 Å². The normalized spacial score (nSPS) is 19.3. The van der Waals surface area contributed by atoms with Gasteiger partial charge >= 0.3 is 5.97 Å². The molecule has 1 aromatic carbocycles. The molecule has 0 bridgehead atoms. The standard InChI is InChI=1S/C22H24ClN3O3S/c1-12-6-7-30-19(12)11-26-10-15(9-18(26)22(28)29-3)24-21(27)20-13(2)16-8-14(23)4-5-17(16)25-20/h4-8,15,18,25H,9-11H2,1-3H3,(H,24,27)/t15-,18-/m0/s1. The van der Waals surface area contributed by atoms with Gasteiger partial charge in [0.15, 0.2) is 0 Å². The first-order chi connectivity index (χ1) is 14.4. The van der Waals surface area contributed by atoms with Crippen LogP contribution in [-0.4, -0.2) is 47.5 Å². The number of carbonyl (C=O) groups is 2. The fourth-order valence-electron chi connectivity index (χ4n) is 4.10. The van der Waals surface area contributed by atoms with Crippen molar-refractivity contribution in [1.82, 2.24) is 15.2 Å². The van der Waals surface area contributed by atoms with Crippen LogP contribution in [0.2, 0.25) is 5.02 Å². The van der Waals surface area contributed by atoms with Gasteiger partial charge in [-0.3, -0.25) is 14.5 Å². The lowest BCUT2D eigenvalue weighted by molar-refractivity contribution is -0.146. The van der Waals surface area contributed by atoms with Gasteiger partial charge in [0.2, 0.25) is 0 Å². The monoisotopic (exact) mass is 445 g/mol. The van der Waals surface area contributed by atoms with Crippen LogP contribution in [0.15, 0.2) is 29.6 Å². The number of ether oxygens (including phenoxy) is 1. The average Bonchev–Trinajstić information content (AvgIpc) is 3.40. The number of nitrogens with zero attached hydrogens (tertiary/aromatic N) is 1. The maximum absolute atomic E-state index is 13.0. The molecule has 3 heterocycles. The first-order valence-corrected chi connectivity index (χ1v) is 11.1. The molecule has 30 heavy (non-hydrogen) atoms. The number of aromatic amines is 1. The van der Waals surface area contributed by atoms with E-state index in [1.807, 2.05) is 19.1 Å². The summed E-state index contributed by atoms with van der Waals surface area (Å²) in [5, 5.41) is 6.71. The molecule has 2 aromatic heterocycles. The van der Waals surface area contributed by atoms with Gasteiger partial charge in [-0.2, -0.15) is 0 Å². The number of H-pyrrole nitrogens is 1. The molecule has 1 fully saturated rings. The minimum atomic E-state index is -0.371. The van der Waals surface area contributed by atoms with Crippen LogP contribution in [0.3, 0.4) is 0 Å². The number of amides is 1. The van der Waals surface area contributed by atoms with E-state index < -0.39 is 0 Å². The zero-order valence-corrected chi connectivity index (χ0v) is 18.7. The fourth-order valence-corrected chi connectivity index (χ4v) is 5.20. The van der Waals surface area contributed by atoms with E-state index >= 15 is 0 Å². The van der Waals surface area contributed by atoms with E-state index in [4.69, 9.17) is 16.3 Å². The summed E-state index contributed by atoms with van der Waals surface area (Å²) in [5.41, 5.74) is 3.46. The van der Waals surface area contributed by atoms with Crippen molar-refractivity contribution in [2.45, 2.75) is 38.9 Å². The molecule has 0 unspecified atom stereocenters. The van der Waals surface area contributed by atoms with Crippen molar-refractivity contribution in [3.05, 3.63) is 56.4 Å². The predicted molar refractivity (Wildman–Crippen MR) is 119 cm³/mol. The van der Waals surface area contributed by atoms with Crippen molar-refractivity contribution in [2.24, 2.45) is 0 Å². The van der Waals surface area contributed by atoms with Gasteiger partial charge in [0, 0.05) is 39.9 Å². The number of aryl methyl sites for hydroxylation is 2. The molecule has 1 aliphatic heterocycles. The third-order valence-corrected chi connectivity index (χ3v) is 7.02. The number of carbonyl (C=O) groups excluding carboxylic acids is 2. The number of hydrogen-bond acceptors (Lipinski definition) is 5. The Kier molecular flexibility index (Phi) is 5.86. The van der Waals surface area contributed by atoms with Gasteiger partial charge in [0.25, 0.3) is 5.91 Å². The molecular formula is C22H24ClN3O3S.